The second-order valence-electron chi connectivity index (χ2n) is 5.00. The standard InChI is InChI=1S/C16H14BrN5OS/c17-11-4-3-5-12(8-11)19-16(24)21-20-15(23)9-22-10-18-13-6-1-2-7-14(13)22/h1-8,10H,9H2,(H,20,23)(H2,19,21,24). The number of nitrogens with zero attached hydrogens (tertiary/aromatic N) is 2. The molecule has 24 heavy (non-hydrogen) atoms. The van der Waals surface area contributed by atoms with E-state index >= 15 is 0 Å². The zero-order valence-corrected chi connectivity index (χ0v) is 14.9. The number of hydrogen-bond donors (Lipinski definition) is 3. The molecular formula is C16H14BrN5OS. The van der Waals surface area contributed by atoms with E-state index in [4.69, 9.17) is 12.2 Å². The number of para-hydroxylation sites is 2. The van der Waals surface area contributed by atoms with Gasteiger partial charge in [0.25, 0.3) is 5.91 Å². The number of anilines is 1. The van der Waals surface area contributed by atoms with Crippen LogP contribution in [0, 0.1) is 0 Å². The van der Waals surface area contributed by atoms with E-state index in [0.717, 1.165) is 21.2 Å². The van der Waals surface area contributed by atoms with E-state index in [-0.39, 0.29) is 12.5 Å². The van der Waals surface area contributed by atoms with Gasteiger partial charge < -0.3 is 9.88 Å². The molecule has 1 aromatic heterocycles. The summed E-state index contributed by atoms with van der Waals surface area (Å²) >= 11 is 8.54. The van der Waals surface area contributed by atoms with Crippen molar-refractivity contribution in [1.82, 2.24) is 20.4 Å². The van der Waals surface area contributed by atoms with E-state index < -0.39 is 0 Å². The number of benzene rings is 2. The topological polar surface area (TPSA) is 71.0 Å². The number of fused-ring (bicyclic) bond motifs is 1. The molecule has 122 valence electrons. The van der Waals surface area contributed by atoms with Crippen molar-refractivity contribution >= 4 is 55.9 Å². The van der Waals surface area contributed by atoms with Crippen LogP contribution in [0.25, 0.3) is 11.0 Å². The Morgan fingerprint density at radius 1 is 1.17 bits per heavy atom. The second-order valence-corrected chi connectivity index (χ2v) is 6.32. The summed E-state index contributed by atoms with van der Waals surface area (Å²) < 4.78 is 2.71. The minimum absolute atomic E-state index is 0.146. The molecule has 0 saturated carbocycles. The van der Waals surface area contributed by atoms with Gasteiger partial charge in [-0.05, 0) is 42.5 Å². The maximum absolute atomic E-state index is 12.0. The highest BCUT2D eigenvalue weighted by Gasteiger charge is 2.07. The third kappa shape index (κ3) is 4.09. The predicted octanol–water partition coefficient (Wildman–Crippen LogP) is 2.82. The molecule has 0 aliphatic heterocycles. The largest absolute Gasteiger partial charge is 0.331 e. The molecule has 2 aromatic carbocycles. The van der Waals surface area contributed by atoms with Gasteiger partial charge in [0.05, 0.1) is 17.4 Å². The molecule has 0 radical (unpaired) electrons. The highest BCUT2D eigenvalue weighted by atomic mass is 79.9. The molecule has 0 aliphatic rings. The first-order chi connectivity index (χ1) is 11.6. The molecule has 1 amide bonds. The van der Waals surface area contributed by atoms with Crippen molar-refractivity contribution in [3.63, 3.8) is 0 Å². The Morgan fingerprint density at radius 2 is 2.00 bits per heavy atom. The number of nitrogens with one attached hydrogen (secondary N) is 3. The lowest BCUT2D eigenvalue weighted by molar-refractivity contribution is -0.122. The third-order valence-corrected chi connectivity index (χ3v) is 3.94. The van der Waals surface area contributed by atoms with E-state index in [1.807, 2.05) is 48.5 Å². The van der Waals surface area contributed by atoms with E-state index in [1.165, 1.54) is 0 Å². The molecule has 3 aromatic rings. The normalized spacial score (nSPS) is 10.4. The molecule has 3 N–H and O–H groups in total. The number of hydrogen-bond acceptors (Lipinski definition) is 3. The molecule has 0 fully saturated rings. The van der Waals surface area contributed by atoms with Crippen LogP contribution in [0.3, 0.4) is 0 Å². The number of imidazole rings is 1. The lowest BCUT2D eigenvalue weighted by Gasteiger charge is -2.12. The van der Waals surface area contributed by atoms with Gasteiger partial charge in [-0.3, -0.25) is 15.6 Å². The van der Waals surface area contributed by atoms with Gasteiger partial charge in [-0.1, -0.05) is 34.1 Å². The molecule has 8 heteroatoms. The average Bonchev–Trinajstić information content (AvgIpc) is 2.96. The summed E-state index contributed by atoms with van der Waals surface area (Å²) in [5.74, 6) is -0.225. The fourth-order valence-corrected chi connectivity index (χ4v) is 2.75. The van der Waals surface area contributed by atoms with Crippen LogP contribution >= 0.6 is 28.1 Å². The lowest BCUT2D eigenvalue weighted by atomic mass is 10.3. The summed E-state index contributed by atoms with van der Waals surface area (Å²) in [6.45, 7) is 0.146. The van der Waals surface area contributed by atoms with Gasteiger partial charge in [-0.2, -0.15) is 0 Å². The molecule has 0 aliphatic carbocycles. The maximum atomic E-state index is 12.0. The van der Waals surface area contributed by atoms with Gasteiger partial charge in [-0.25, -0.2) is 4.98 Å². The monoisotopic (exact) mass is 403 g/mol. The predicted molar refractivity (Wildman–Crippen MR) is 101 cm³/mol. The van der Waals surface area contributed by atoms with Crippen molar-refractivity contribution < 1.29 is 4.79 Å². The summed E-state index contributed by atoms with van der Waals surface area (Å²) in [5.41, 5.74) is 7.82. The Hall–Kier alpha value is -2.45. The number of carbonyl (C=O) groups excluding carboxylic acids is 1. The van der Waals surface area contributed by atoms with E-state index in [2.05, 4.69) is 37.1 Å². The van der Waals surface area contributed by atoms with Crippen molar-refractivity contribution in [3.05, 3.63) is 59.3 Å². The molecule has 3 rings (SSSR count). The van der Waals surface area contributed by atoms with Crippen LogP contribution in [0.15, 0.2) is 59.3 Å². The van der Waals surface area contributed by atoms with Crippen molar-refractivity contribution in [3.8, 4) is 0 Å². The summed E-state index contributed by atoms with van der Waals surface area (Å²) in [7, 11) is 0. The Labute approximate surface area is 152 Å². The molecule has 0 saturated heterocycles. The molecule has 0 spiro atoms. The number of amides is 1. The smallest absolute Gasteiger partial charge is 0.258 e. The number of carbonyl (C=O) groups is 1. The highest BCUT2D eigenvalue weighted by Crippen LogP contribution is 2.15. The van der Waals surface area contributed by atoms with Crippen LogP contribution in [0.5, 0.6) is 0 Å². The van der Waals surface area contributed by atoms with Crippen LogP contribution in [0.2, 0.25) is 0 Å². The van der Waals surface area contributed by atoms with Crippen LogP contribution < -0.4 is 16.2 Å². The Kier molecular flexibility index (Phi) is 5.07. The summed E-state index contributed by atoms with van der Waals surface area (Å²) in [6.07, 6.45) is 1.64. The summed E-state index contributed by atoms with van der Waals surface area (Å²) in [4.78, 5) is 16.3. The van der Waals surface area contributed by atoms with Gasteiger partial charge in [0.15, 0.2) is 5.11 Å². The van der Waals surface area contributed by atoms with E-state index in [9.17, 15) is 4.79 Å². The summed E-state index contributed by atoms with van der Waals surface area (Å²) in [6, 6.07) is 15.2. The lowest BCUT2D eigenvalue weighted by Crippen LogP contribution is -2.45. The maximum Gasteiger partial charge on any atom is 0.258 e. The second kappa shape index (κ2) is 7.41. The minimum atomic E-state index is -0.225. The number of rotatable bonds is 3. The first-order valence-electron chi connectivity index (χ1n) is 7.13. The fraction of sp³-hybridized carbons (Fsp3) is 0.0625. The zero-order chi connectivity index (χ0) is 16.9. The average molecular weight is 404 g/mol. The molecule has 6 nitrogen and oxygen atoms in total. The molecule has 0 bridgehead atoms. The third-order valence-electron chi connectivity index (χ3n) is 3.24. The van der Waals surface area contributed by atoms with Crippen LogP contribution in [-0.4, -0.2) is 20.6 Å². The fourth-order valence-electron chi connectivity index (χ4n) is 2.19. The quantitative estimate of drug-likeness (QED) is 0.463. The van der Waals surface area contributed by atoms with Gasteiger partial charge in [0.2, 0.25) is 0 Å². The highest BCUT2D eigenvalue weighted by molar-refractivity contribution is 9.10. The van der Waals surface area contributed by atoms with Crippen molar-refractivity contribution in [2.45, 2.75) is 6.54 Å². The number of thiocarbonyl (C=S) groups is 1. The SMILES string of the molecule is O=C(Cn1cnc2ccccc21)NNC(=S)Nc1cccc(Br)c1. The molecular weight excluding hydrogens is 390 g/mol. The van der Waals surface area contributed by atoms with Gasteiger partial charge in [0, 0.05) is 10.2 Å². The van der Waals surface area contributed by atoms with Gasteiger partial charge in [0.1, 0.15) is 6.54 Å². The van der Waals surface area contributed by atoms with Gasteiger partial charge in [-0.15, -0.1) is 0 Å². The van der Waals surface area contributed by atoms with Crippen LogP contribution in [-0.2, 0) is 11.3 Å². The molecule has 1 heterocycles. The first-order valence-corrected chi connectivity index (χ1v) is 8.33. The number of halogens is 1. The molecule has 0 unspecified atom stereocenters. The summed E-state index contributed by atoms with van der Waals surface area (Å²) in [5, 5.41) is 3.29. The van der Waals surface area contributed by atoms with E-state index in [1.54, 1.807) is 10.9 Å². The minimum Gasteiger partial charge on any atom is -0.331 e. The van der Waals surface area contributed by atoms with Gasteiger partial charge >= 0.3 is 0 Å². The Balaban J connectivity index is 1.53. The van der Waals surface area contributed by atoms with Crippen LogP contribution in [0.4, 0.5) is 5.69 Å². The number of aromatic nitrogens is 2. The molecule has 0 atom stereocenters. The Bertz CT molecular complexity index is 895. The van der Waals surface area contributed by atoms with Crippen molar-refractivity contribution in [2.75, 3.05) is 5.32 Å². The Morgan fingerprint density at radius 3 is 2.83 bits per heavy atom. The van der Waals surface area contributed by atoms with Crippen LogP contribution in [0.1, 0.15) is 0 Å². The van der Waals surface area contributed by atoms with Crippen molar-refractivity contribution in [1.29, 1.82) is 0 Å². The zero-order valence-electron chi connectivity index (χ0n) is 12.5. The van der Waals surface area contributed by atoms with Crippen molar-refractivity contribution in [2.24, 2.45) is 0 Å². The van der Waals surface area contributed by atoms with E-state index in [0.29, 0.717) is 5.11 Å². The number of hydrazine groups is 1. The first kappa shape index (κ1) is 16.4.